The molecule has 2 aromatic heterocycles. The highest BCUT2D eigenvalue weighted by atomic mass is 14.7. The largest absolute Gasteiger partial charge is 0.263 e. The molecule has 258 valence electrons. The van der Waals surface area contributed by atoms with Crippen molar-refractivity contribution in [2.45, 2.75) is 37.5 Å². The lowest BCUT2D eigenvalue weighted by Gasteiger charge is -2.61. The Hall–Kier alpha value is -6.11. The molecular formula is C51H39N3. The highest BCUT2D eigenvalue weighted by Crippen LogP contribution is 2.70. The quantitative estimate of drug-likeness (QED) is 0.180. The summed E-state index contributed by atoms with van der Waals surface area (Å²) in [5.74, 6) is 2.95. The van der Waals surface area contributed by atoms with Crippen molar-refractivity contribution in [2.24, 2.45) is 23.7 Å². The van der Waals surface area contributed by atoms with Crippen LogP contribution in [0.25, 0.3) is 67.0 Å². The molecule has 0 aliphatic heterocycles. The second kappa shape index (κ2) is 12.2. The third-order valence-electron chi connectivity index (χ3n) is 13.3. The summed E-state index contributed by atoms with van der Waals surface area (Å²) >= 11 is 0. The fraction of sp³-hybridized carbons (Fsp3) is 0.196. The van der Waals surface area contributed by atoms with Crippen LogP contribution in [0.1, 0.15) is 48.8 Å². The molecule has 5 aliphatic carbocycles. The van der Waals surface area contributed by atoms with Gasteiger partial charge in [-0.25, -0.2) is 4.98 Å². The fourth-order valence-corrected chi connectivity index (χ4v) is 11.4. The molecule has 4 saturated carbocycles. The van der Waals surface area contributed by atoms with Crippen molar-refractivity contribution in [3.05, 3.63) is 169 Å². The molecule has 2 heterocycles. The first kappa shape index (κ1) is 31.4. The SMILES string of the molecule is N#Cc1cncc(-c2ccc3c(c2)C2(c4c(-c5cccc(-c6cc(-c7ccccc7)nc(-c7ccccc7)c6)c5)cccc4-3)C3CC4CC(C3)CC2C4)c1. The average molecular weight is 694 g/mol. The first-order valence-electron chi connectivity index (χ1n) is 19.5. The summed E-state index contributed by atoms with van der Waals surface area (Å²) in [6, 6.07) is 53.3. The van der Waals surface area contributed by atoms with Gasteiger partial charge in [-0.15, -0.1) is 0 Å². The van der Waals surface area contributed by atoms with Gasteiger partial charge in [-0.1, -0.05) is 109 Å². The zero-order valence-corrected chi connectivity index (χ0v) is 30.1. The van der Waals surface area contributed by atoms with Crippen LogP contribution in [0.4, 0.5) is 0 Å². The lowest BCUT2D eigenvalue weighted by molar-refractivity contribution is -0.0397. The summed E-state index contributed by atoms with van der Waals surface area (Å²) in [5, 5.41) is 9.69. The third kappa shape index (κ3) is 4.79. The fourth-order valence-electron chi connectivity index (χ4n) is 11.4. The van der Waals surface area contributed by atoms with Gasteiger partial charge in [0, 0.05) is 34.5 Å². The Morgan fingerprint density at radius 3 is 1.78 bits per heavy atom. The van der Waals surface area contributed by atoms with Gasteiger partial charge in [-0.05, 0) is 136 Å². The Balaban J connectivity index is 1.09. The summed E-state index contributed by atoms with van der Waals surface area (Å²) in [5.41, 5.74) is 17.8. The number of aromatic nitrogens is 2. The summed E-state index contributed by atoms with van der Waals surface area (Å²) < 4.78 is 0. The van der Waals surface area contributed by atoms with Crippen LogP contribution in [0.2, 0.25) is 0 Å². The molecule has 5 aromatic carbocycles. The van der Waals surface area contributed by atoms with Crippen molar-refractivity contribution in [3.63, 3.8) is 0 Å². The van der Waals surface area contributed by atoms with E-state index < -0.39 is 0 Å². The molecule has 4 fully saturated rings. The van der Waals surface area contributed by atoms with Gasteiger partial charge in [0.1, 0.15) is 6.07 Å². The lowest BCUT2D eigenvalue weighted by atomic mass is 9.42. The molecule has 3 nitrogen and oxygen atoms in total. The Morgan fingerprint density at radius 2 is 1.09 bits per heavy atom. The zero-order chi connectivity index (χ0) is 35.8. The van der Waals surface area contributed by atoms with Crippen LogP contribution >= 0.6 is 0 Å². The Morgan fingerprint density at radius 1 is 0.481 bits per heavy atom. The number of rotatable bonds is 5. The van der Waals surface area contributed by atoms with Crippen molar-refractivity contribution >= 4 is 0 Å². The number of nitriles is 1. The topological polar surface area (TPSA) is 49.6 Å². The maximum Gasteiger partial charge on any atom is 0.101 e. The number of fused-ring (bicyclic) bond motifs is 3. The maximum absolute atomic E-state index is 9.69. The first-order chi connectivity index (χ1) is 26.7. The molecule has 0 N–H and O–H groups in total. The van der Waals surface area contributed by atoms with Gasteiger partial charge in [-0.3, -0.25) is 4.98 Å². The van der Waals surface area contributed by atoms with Crippen molar-refractivity contribution < 1.29 is 0 Å². The minimum Gasteiger partial charge on any atom is -0.263 e. The summed E-state index contributed by atoms with van der Waals surface area (Å²) in [6.07, 6.45) is 10.3. The molecule has 12 rings (SSSR count). The van der Waals surface area contributed by atoms with Crippen LogP contribution < -0.4 is 0 Å². The number of pyridine rings is 2. The number of hydrogen-bond acceptors (Lipinski definition) is 3. The van der Waals surface area contributed by atoms with Crippen LogP contribution in [0.15, 0.2) is 152 Å². The van der Waals surface area contributed by atoms with E-state index in [9.17, 15) is 5.26 Å². The van der Waals surface area contributed by atoms with Crippen molar-refractivity contribution in [1.29, 1.82) is 5.26 Å². The molecule has 0 saturated heterocycles. The van der Waals surface area contributed by atoms with E-state index in [1.807, 2.05) is 12.3 Å². The van der Waals surface area contributed by atoms with E-state index in [2.05, 4.69) is 145 Å². The van der Waals surface area contributed by atoms with Gasteiger partial charge < -0.3 is 0 Å². The van der Waals surface area contributed by atoms with Crippen molar-refractivity contribution in [1.82, 2.24) is 9.97 Å². The minimum absolute atomic E-state index is 0.0292. The molecule has 4 bridgehead atoms. The molecule has 1 spiro atoms. The third-order valence-corrected chi connectivity index (χ3v) is 13.3. The summed E-state index contributed by atoms with van der Waals surface area (Å²) in [4.78, 5) is 9.62. The van der Waals surface area contributed by atoms with Crippen molar-refractivity contribution in [3.8, 4) is 73.1 Å². The molecular weight excluding hydrogens is 655 g/mol. The van der Waals surface area contributed by atoms with Gasteiger partial charge in [0.15, 0.2) is 0 Å². The van der Waals surface area contributed by atoms with E-state index in [1.165, 1.54) is 71.0 Å². The second-order valence-electron chi connectivity index (χ2n) is 16.2. The molecule has 0 amide bonds. The Labute approximate surface area is 317 Å². The van der Waals surface area contributed by atoms with E-state index in [4.69, 9.17) is 4.98 Å². The van der Waals surface area contributed by atoms with Crippen LogP contribution in [0.3, 0.4) is 0 Å². The van der Waals surface area contributed by atoms with Gasteiger partial charge in [0.05, 0.1) is 17.0 Å². The highest BCUT2D eigenvalue weighted by molar-refractivity contribution is 5.91. The average Bonchev–Trinajstić information content (AvgIpc) is 3.53. The minimum atomic E-state index is -0.0292. The van der Waals surface area contributed by atoms with E-state index in [1.54, 1.807) is 11.8 Å². The van der Waals surface area contributed by atoms with Gasteiger partial charge in [0.2, 0.25) is 0 Å². The normalized spacial score (nSPS) is 22.9. The van der Waals surface area contributed by atoms with Gasteiger partial charge in [-0.2, -0.15) is 5.26 Å². The number of benzene rings is 5. The van der Waals surface area contributed by atoms with E-state index in [0.29, 0.717) is 17.4 Å². The monoisotopic (exact) mass is 693 g/mol. The Kier molecular flexibility index (Phi) is 7.11. The van der Waals surface area contributed by atoms with Crippen LogP contribution in [-0.4, -0.2) is 9.97 Å². The molecule has 54 heavy (non-hydrogen) atoms. The number of hydrogen-bond donors (Lipinski definition) is 0. The predicted octanol–water partition coefficient (Wildman–Crippen LogP) is 12.4. The summed E-state index contributed by atoms with van der Waals surface area (Å²) in [7, 11) is 0. The first-order valence-corrected chi connectivity index (χ1v) is 19.5. The predicted molar refractivity (Wildman–Crippen MR) is 217 cm³/mol. The standard InChI is InChI=1S/C51H39N3/c52-29-34-20-41(31-53-30-34)38-17-18-45-46-16-8-15-44(50(46)51(47(45)26-38)42-21-32-19-33(23-42)24-43(51)22-32)39-14-7-13-37(25-39)40-27-48(35-9-3-1-4-10-35)54-49(28-40)36-11-5-2-6-12-36/h1-18,20,25-28,30-33,42-43H,19,21-24H2. The molecule has 5 aliphatic rings. The Bertz CT molecular complexity index is 2550. The van der Waals surface area contributed by atoms with Gasteiger partial charge >= 0.3 is 0 Å². The maximum atomic E-state index is 9.69. The smallest absolute Gasteiger partial charge is 0.101 e. The second-order valence-corrected chi connectivity index (χ2v) is 16.2. The van der Waals surface area contributed by atoms with Gasteiger partial charge in [0.25, 0.3) is 0 Å². The molecule has 0 atom stereocenters. The molecule has 0 unspecified atom stereocenters. The van der Waals surface area contributed by atoms with E-state index >= 15 is 0 Å². The summed E-state index contributed by atoms with van der Waals surface area (Å²) in [6.45, 7) is 0. The molecule has 0 radical (unpaired) electrons. The zero-order valence-electron chi connectivity index (χ0n) is 30.1. The van der Waals surface area contributed by atoms with E-state index in [0.717, 1.165) is 45.5 Å². The number of nitrogens with zero attached hydrogens (tertiary/aromatic N) is 3. The van der Waals surface area contributed by atoms with Crippen molar-refractivity contribution in [2.75, 3.05) is 0 Å². The van der Waals surface area contributed by atoms with Crippen LogP contribution in [0, 0.1) is 35.0 Å². The molecule has 3 heteroatoms. The van der Waals surface area contributed by atoms with Crippen LogP contribution in [-0.2, 0) is 5.41 Å². The lowest BCUT2D eigenvalue weighted by Crippen LogP contribution is -2.55. The highest BCUT2D eigenvalue weighted by Gasteiger charge is 2.62. The van der Waals surface area contributed by atoms with Crippen LogP contribution in [0.5, 0.6) is 0 Å². The molecule has 7 aromatic rings. The van der Waals surface area contributed by atoms with E-state index in [-0.39, 0.29) is 5.41 Å².